The summed E-state index contributed by atoms with van der Waals surface area (Å²) < 4.78 is 1.96. The molecular weight excluding hydrogens is 387 g/mol. The van der Waals surface area contributed by atoms with Crippen LogP contribution in [0.2, 0.25) is 5.02 Å². The van der Waals surface area contributed by atoms with Crippen molar-refractivity contribution in [3.63, 3.8) is 0 Å². The number of hydrogen-bond donors (Lipinski definition) is 1. The Morgan fingerprint density at radius 1 is 1.29 bits per heavy atom. The Morgan fingerprint density at radius 3 is 2.65 bits per heavy atom. The van der Waals surface area contributed by atoms with Crippen LogP contribution in [0.25, 0.3) is 0 Å². The number of aliphatic hydroxyl groups is 1. The molecule has 0 amide bonds. The van der Waals surface area contributed by atoms with Gasteiger partial charge in [-0.1, -0.05) is 23.7 Å². The maximum absolute atomic E-state index is 10.2. The highest BCUT2D eigenvalue weighted by Crippen LogP contribution is 2.36. The van der Waals surface area contributed by atoms with Gasteiger partial charge in [0.2, 0.25) is 0 Å². The molecule has 0 aliphatic rings. The zero-order valence-corrected chi connectivity index (χ0v) is 13.4. The molecule has 1 N–H and O–H groups in total. The second-order valence-corrected chi connectivity index (χ2v) is 7.82. The van der Waals surface area contributed by atoms with E-state index in [0.29, 0.717) is 11.4 Å². The Hall–Kier alpha value is 0.130. The van der Waals surface area contributed by atoms with Crippen molar-refractivity contribution in [3.05, 3.63) is 54.1 Å². The van der Waals surface area contributed by atoms with E-state index in [4.69, 9.17) is 11.6 Å². The van der Waals surface area contributed by atoms with Crippen LogP contribution in [-0.2, 0) is 6.42 Å². The Morgan fingerprint density at radius 2 is 2.06 bits per heavy atom. The molecule has 0 radical (unpaired) electrons. The monoisotopic (exact) mass is 394 g/mol. The van der Waals surface area contributed by atoms with Gasteiger partial charge in [0, 0.05) is 17.0 Å². The number of hydrogen-bond acceptors (Lipinski definition) is 2. The van der Waals surface area contributed by atoms with Gasteiger partial charge in [0.25, 0.3) is 0 Å². The fourth-order valence-electron chi connectivity index (χ4n) is 1.58. The first-order chi connectivity index (χ1) is 8.06. The third-order valence-electron chi connectivity index (χ3n) is 2.36. The lowest BCUT2D eigenvalue weighted by molar-refractivity contribution is 0.178. The molecule has 1 atom stereocenters. The quantitative estimate of drug-likeness (QED) is 0.756. The lowest BCUT2D eigenvalue weighted by atomic mass is 10.0. The van der Waals surface area contributed by atoms with Crippen LogP contribution in [0.3, 0.4) is 0 Å². The van der Waals surface area contributed by atoms with Crippen LogP contribution in [0.15, 0.2) is 37.9 Å². The van der Waals surface area contributed by atoms with Crippen LogP contribution in [0.4, 0.5) is 0 Å². The van der Waals surface area contributed by atoms with Crippen LogP contribution < -0.4 is 0 Å². The van der Waals surface area contributed by atoms with Gasteiger partial charge in [-0.25, -0.2) is 0 Å². The first-order valence-corrected chi connectivity index (χ1v) is 7.71. The molecule has 90 valence electrons. The molecule has 1 unspecified atom stereocenters. The molecule has 0 spiro atoms. The number of thiophene rings is 1. The Bertz CT molecular complexity index is 527. The van der Waals surface area contributed by atoms with E-state index in [1.54, 1.807) is 11.3 Å². The zero-order chi connectivity index (χ0) is 12.4. The first kappa shape index (κ1) is 13.6. The zero-order valence-electron chi connectivity index (χ0n) is 8.66. The molecule has 0 aliphatic heterocycles. The van der Waals surface area contributed by atoms with Gasteiger partial charge in [-0.15, -0.1) is 11.3 Å². The third kappa shape index (κ3) is 3.55. The van der Waals surface area contributed by atoms with Crippen LogP contribution >= 0.6 is 54.8 Å². The van der Waals surface area contributed by atoms with E-state index in [2.05, 4.69) is 31.9 Å². The van der Waals surface area contributed by atoms with Crippen molar-refractivity contribution in [2.45, 2.75) is 12.5 Å². The molecule has 2 rings (SSSR count). The highest BCUT2D eigenvalue weighted by molar-refractivity contribution is 9.12. The summed E-state index contributed by atoms with van der Waals surface area (Å²) in [6.45, 7) is 0. The van der Waals surface area contributed by atoms with Crippen molar-refractivity contribution in [1.82, 2.24) is 0 Å². The smallest absolute Gasteiger partial charge is 0.0849 e. The van der Waals surface area contributed by atoms with Crippen molar-refractivity contribution in [2.75, 3.05) is 0 Å². The Balaban J connectivity index is 2.16. The van der Waals surface area contributed by atoms with Gasteiger partial charge in [0.05, 0.1) is 13.7 Å². The number of benzene rings is 1. The van der Waals surface area contributed by atoms with Crippen molar-refractivity contribution in [1.29, 1.82) is 0 Å². The number of rotatable bonds is 3. The minimum Gasteiger partial charge on any atom is -0.388 e. The molecule has 1 nitrogen and oxygen atoms in total. The van der Waals surface area contributed by atoms with E-state index in [0.717, 1.165) is 18.7 Å². The molecule has 1 heterocycles. The lowest BCUT2D eigenvalue weighted by Gasteiger charge is -2.10. The number of halogens is 3. The Kier molecular flexibility index (Phi) is 4.66. The second kappa shape index (κ2) is 5.85. The van der Waals surface area contributed by atoms with E-state index >= 15 is 0 Å². The van der Waals surface area contributed by atoms with E-state index in [-0.39, 0.29) is 0 Å². The molecule has 5 heteroatoms. The highest BCUT2D eigenvalue weighted by Gasteiger charge is 2.15. The molecule has 0 bridgehead atoms. The van der Waals surface area contributed by atoms with Crippen molar-refractivity contribution in [2.24, 2.45) is 0 Å². The maximum atomic E-state index is 10.2. The molecule has 17 heavy (non-hydrogen) atoms. The standard InChI is InChI=1S/C12H9Br2ClOS/c13-11-6-9(12(14)17-11)10(16)5-7-2-1-3-8(15)4-7/h1-4,6,10,16H,5H2. The minimum atomic E-state index is -0.523. The van der Waals surface area contributed by atoms with Crippen LogP contribution in [-0.4, -0.2) is 5.11 Å². The summed E-state index contributed by atoms with van der Waals surface area (Å²) in [6, 6.07) is 9.49. The van der Waals surface area contributed by atoms with Gasteiger partial charge in [0.15, 0.2) is 0 Å². The molecule has 0 aliphatic carbocycles. The van der Waals surface area contributed by atoms with Gasteiger partial charge in [-0.2, -0.15) is 0 Å². The lowest BCUT2D eigenvalue weighted by Crippen LogP contribution is -2.00. The summed E-state index contributed by atoms with van der Waals surface area (Å²) in [7, 11) is 0. The summed E-state index contributed by atoms with van der Waals surface area (Å²) in [5.41, 5.74) is 1.93. The van der Waals surface area contributed by atoms with E-state index < -0.39 is 6.10 Å². The van der Waals surface area contributed by atoms with Crippen molar-refractivity contribution >= 4 is 54.8 Å². The normalized spacial score (nSPS) is 12.7. The summed E-state index contributed by atoms with van der Waals surface area (Å²) in [5.74, 6) is 0. The predicted octanol–water partition coefficient (Wildman–Crippen LogP) is 5.20. The summed E-state index contributed by atoms with van der Waals surface area (Å²) in [4.78, 5) is 0. The number of aliphatic hydroxyl groups excluding tert-OH is 1. The first-order valence-electron chi connectivity index (χ1n) is 4.93. The molecule has 1 aromatic heterocycles. The fraction of sp³-hybridized carbons (Fsp3) is 0.167. The summed E-state index contributed by atoms with van der Waals surface area (Å²) >= 11 is 14.3. The molecule has 1 aromatic carbocycles. The topological polar surface area (TPSA) is 20.2 Å². The molecule has 2 aromatic rings. The highest BCUT2D eigenvalue weighted by atomic mass is 79.9. The average Bonchev–Trinajstić information content (AvgIpc) is 2.58. The largest absolute Gasteiger partial charge is 0.388 e. The molecule has 0 fully saturated rings. The van der Waals surface area contributed by atoms with E-state index in [1.165, 1.54) is 0 Å². The van der Waals surface area contributed by atoms with E-state index in [1.807, 2.05) is 30.3 Å². The molecular formula is C12H9Br2ClOS. The SMILES string of the molecule is OC(Cc1cccc(Cl)c1)c1cc(Br)sc1Br. The maximum Gasteiger partial charge on any atom is 0.0849 e. The van der Waals surface area contributed by atoms with Gasteiger partial charge in [-0.3, -0.25) is 0 Å². The van der Waals surface area contributed by atoms with Crippen LogP contribution in [0, 0.1) is 0 Å². The predicted molar refractivity (Wildman–Crippen MR) is 79.8 cm³/mol. The average molecular weight is 397 g/mol. The van der Waals surface area contributed by atoms with Gasteiger partial charge in [0.1, 0.15) is 0 Å². The molecule has 0 saturated heterocycles. The van der Waals surface area contributed by atoms with Gasteiger partial charge < -0.3 is 5.11 Å². The molecule has 0 saturated carbocycles. The fourth-order valence-corrected chi connectivity index (χ4v) is 4.75. The van der Waals surface area contributed by atoms with Gasteiger partial charge >= 0.3 is 0 Å². The van der Waals surface area contributed by atoms with Crippen LogP contribution in [0.1, 0.15) is 17.2 Å². The summed E-state index contributed by atoms with van der Waals surface area (Å²) in [6.07, 6.45) is 0.0351. The van der Waals surface area contributed by atoms with Crippen molar-refractivity contribution in [3.8, 4) is 0 Å². The van der Waals surface area contributed by atoms with Crippen molar-refractivity contribution < 1.29 is 5.11 Å². The summed E-state index contributed by atoms with van der Waals surface area (Å²) in [5, 5.41) is 10.9. The Labute approximate surface area is 126 Å². The minimum absolute atomic E-state index is 0.523. The third-order valence-corrected chi connectivity index (χ3v) is 4.98. The van der Waals surface area contributed by atoms with Gasteiger partial charge in [-0.05, 0) is 55.6 Å². The van der Waals surface area contributed by atoms with Crippen LogP contribution in [0.5, 0.6) is 0 Å². The second-order valence-electron chi connectivity index (χ2n) is 3.63. The van der Waals surface area contributed by atoms with E-state index in [9.17, 15) is 5.11 Å².